The maximum atomic E-state index is 10.0. The number of ether oxygens (including phenoxy) is 1. The van der Waals surface area contributed by atoms with Crippen LogP contribution in [0.1, 0.15) is 30.5 Å². The lowest BCUT2D eigenvalue weighted by Crippen LogP contribution is -1.97. The number of nitrogens with zero attached hydrogens (tertiary/aromatic N) is 1. The van der Waals surface area contributed by atoms with Crippen molar-refractivity contribution in [3.8, 4) is 11.5 Å². The van der Waals surface area contributed by atoms with Crippen LogP contribution in [0, 0.1) is 0 Å². The van der Waals surface area contributed by atoms with Gasteiger partial charge >= 0.3 is 0 Å². The van der Waals surface area contributed by atoms with E-state index in [1.807, 2.05) is 35.7 Å². The van der Waals surface area contributed by atoms with Gasteiger partial charge in [0.1, 0.15) is 6.61 Å². The van der Waals surface area contributed by atoms with E-state index in [2.05, 4.69) is 18.8 Å². The van der Waals surface area contributed by atoms with Crippen molar-refractivity contribution in [3.63, 3.8) is 0 Å². The van der Waals surface area contributed by atoms with Crippen LogP contribution >= 0.6 is 11.3 Å². The number of aromatic nitrogens is 1. The number of aromatic hydroxyl groups is 1. The maximum absolute atomic E-state index is 10.0. The van der Waals surface area contributed by atoms with Gasteiger partial charge in [-0.2, -0.15) is 0 Å². The number of phenols is 1. The predicted octanol–water partition coefficient (Wildman–Crippen LogP) is 4.70. The quantitative estimate of drug-likeness (QED) is 0.759. The summed E-state index contributed by atoms with van der Waals surface area (Å²) in [7, 11) is 0. The minimum Gasteiger partial charge on any atom is -0.504 e. The van der Waals surface area contributed by atoms with E-state index in [0.717, 1.165) is 21.5 Å². The van der Waals surface area contributed by atoms with E-state index in [0.29, 0.717) is 18.3 Å². The van der Waals surface area contributed by atoms with Gasteiger partial charge < -0.3 is 9.84 Å². The molecule has 1 N–H and O–H groups in total. The molecule has 3 aromatic rings. The third kappa shape index (κ3) is 3.00. The molecule has 1 aromatic heterocycles. The average Bonchev–Trinajstić information content (AvgIpc) is 2.94. The summed E-state index contributed by atoms with van der Waals surface area (Å²) < 4.78 is 5.72. The van der Waals surface area contributed by atoms with Crippen molar-refractivity contribution in [3.05, 3.63) is 52.5 Å². The fraction of sp³-hybridized carbons (Fsp3) is 0.235. The maximum Gasteiger partial charge on any atom is 0.162 e. The molecule has 108 valence electrons. The second-order valence-electron chi connectivity index (χ2n) is 5.29. The van der Waals surface area contributed by atoms with Gasteiger partial charge in [0.25, 0.3) is 0 Å². The Hall–Kier alpha value is -2.07. The summed E-state index contributed by atoms with van der Waals surface area (Å²) in [6, 6.07) is 11.5. The Bertz CT molecular complexity index is 764. The molecular weight excluding hydrogens is 282 g/mol. The first kappa shape index (κ1) is 13.9. The Morgan fingerprint density at radius 2 is 1.90 bits per heavy atom. The highest BCUT2D eigenvalue weighted by molar-refractivity contribution is 7.09. The number of rotatable bonds is 4. The largest absolute Gasteiger partial charge is 0.504 e. The summed E-state index contributed by atoms with van der Waals surface area (Å²) in [5, 5.41) is 15.2. The van der Waals surface area contributed by atoms with Crippen molar-refractivity contribution in [2.24, 2.45) is 0 Å². The molecule has 0 aliphatic carbocycles. The van der Waals surface area contributed by atoms with Crippen molar-refractivity contribution in [2.75, 3.05) is 0 Å². The van der Waals surface area contributed by atoms with Crippen LogP contribution in [0.2, 0.25) is 0 Å². The molecule has 0 fully saturated rings. The zero-order chi connectivity index (χ0) is 14.8. The third-order valence-electron chi connectivity index (χ3n) is 3.27. The number of fused-ring (bicyclic) bond motifs is 1. The monoisotopic (exact) mass is 299 g/mol. The molecule has 0 amide bonds. The average molecular weight is 299 g/mol. The van der Waals surface area contributed by atoms with Crippen LogP contribution in [-0.4, -0.2) is 10.1 Å². The van der Waals surface area contributed by atoms with Crippen LogP contribution in [0.4, 0.5) is 0 Å². The fourth-order valence-electron chi connectivity index (χ4n) is 2.13. The van der Waals surface area contributed by atoms with Gasteiger partial charge in [0.2, 0.25) is 0 Å². The number of phenolic OH excluding ortho intramolecular Hbond substituents is 1. The van der Waals surface area contributed by atoms with Crippen LogP contribution in [-0.2, 0) is 6.61 Å². The lowest BCUT2D eigenvalue weighted by atomic mass is 10.1. The second-order valence-corrected chi connectivity index (χ2v) is 6.18. The van der Waals surface area contributed by atoms with Crippen molar-refractivity contribution >= 4 is 22.1 Å². The summed E-state index contributed by atoms with van der Waals surface area (Å²) in [5.74, 6) is 1.08. The molecule has 0 aliphatic heterocycles. The number of hydrogen-bond donors (Lipinski definition) is 1. The van der Waals surface area contributed by atoms with Crippen molar-refractivity contribution < 1.29 is 9.84 Å². The molecule has 2 aromatic carbocycles. The minimum atomic E-state index is 0.160. The lowest BCUT2D eigenvalue weighted by molar-refractivity contribution is 0.286. The first-order chi connectivity index (χ1) is 10.1. The Kier molecular flexibility index (Phi) is 3.80. The number of thiazole rings is 1. The molecule has 0 saturated heterocycles. The smallest absolute Gasteiger partial charge is 0.162 e. The standard InChI is InChI=1S/C17H17NO2S/c1-11(2)17-18-14(10-21-17)9-20-16-8-13-6-4-3-5-12(13)7-15(16)19/h3-8,10-11,19H,9H2,1-2H3. The van der Waals surface area contributed by atoms with Crippen molar-refractivity contribution in [1.29, 1.82) is 0 Å². The summed E-state index contributed by atoms with van der Waals surface area (Å²) in [5.41, 5.74) is 0.899. The molecule has 0 atom stereocenters. The number of hydrogen-bond acceptors (Lipinski definition) is 4. The van der Waals surface area contributed by atoms with Crippen LogP contribution in [0.15, 0.2) is 41.8 Å². The van der Waals surface area contributed by atoms with Gasteiger partial charge in [0.15, 0.2) is 11.5 Å². The van der Waals surface area contributed by atoms with Crippen molar-refractivity contribution in [2.45, 2.75) is 26.4 Å². The molecular formula is C17H17NO2S. The molecule has 1 heterocycles. The van der Waals surface area contributed by atoms with E-state index in [-0.39, 0.29) is 5.75 Å². The highest BCUT2D eigenvalue weighted by Gasteiger charge is 2.09. The molecule has 0 radical (unpaired) electrons. The van der Waals surface area contributed by atoms with Crippen molar-refractivity contribution in [1.82, 2.24) is 4.98 Å². The first-order valence-corrected chi connectivity index (χ1v) is 7.80. The van der Waals surface area contributed by atoms with Crippen LogP contribution in [0.5, 0.6) is 11.5 Å². The predicted molar refractivity (Wildman–Crippen MR) is 86.1 cm³/mol. The van der Waals surface area contributed by atoms with E-state index in [1.165, 1.54) is 0 Å². The topological polar surface area (TPSA) is 42.4 Å². The summed E-state index contributed by atoms with van der Waals surface area (Å²) in [6.07, 6.45) is 0. The van der Waals surface area contributed by atoms with Gasteiger partial charge in [-0.05, 0) is 22.9 Å². The van der Waals surface area contributed by atoms with E-state index < -0.39 is 0 Å². The third-order valence-corrected chi connectivity index (χ3v) is 4.46. The van der Waals surface area contributed by atoms with E-state index >= 15 is 0 Å². The van der Waals surface area contributed by atoms with Crippen LogP contribution in [0.25, 0.3) is 10.8 Å². The zero-order valence-electron chi connectivity index (χ0n) is 12.0. The Balaban J connectivity index is 1.79. The van der Waals surface area contributed by atoms with Gasteiger partial charge in [0.05, 0.1) is 10.7 Å². The summed E-state index contributed by atoms with van der Waals surface area (Å²) in [6.45, 7) is 4.62. The lowest BCUT2D eigenvalue weighted by Gasteiger charge is -2.08. The first-order valence-electron chi connectivity index (χ1n) is 6.92. The highest BCUT2D eigenvalue weighted by atomic mass is 32.1. The van der Waals surface area contributed by atoms with Crippen LogP contribution < -0.4 is 4.74 Å². The van der Waals surface area contributed by atoms with Gasteiger partial charge in [-0.15, -0.1) is 11.3 Å². The zero-order valence-corrected chi connectivity index (χ0v) is 12.9. The molecule has 0 aliphatic rings. The van der Waals surface area contributed by atoms with Gasteiger partial charge in [-0.25, -0.2) is 4.98 Å². The molecule has 0 spiro atoms. The van der Waals surface area contributed by atoms with E-state index in [1.54, 1.807) is 17.4 Å². The fourth-order valence-corrected chi connectivity index (χ4v) is 2.95. The van der Waals surface area contributed by atoms with E-state index in [9.17, 15) is 5.11 Å². The highest BCUT2D eigenvalue weighted by Crippen LogP contribution is 2.32. The summed E-state index contributed by atoms with van der Waals surface area (Å²) >= 11 is 1.65. The van der Waals surface area contributed by atoms with Gasteiger partial charge in [0, 0.05) is 11.3 Å². The summed E-state index contributed by atoms with van der Waals surface area (Å²) in [4.78, 5) is 4.53. The van der Waals surface area contributed by atoms with E-state index in [4.69, 9.17) is 4.74 Å². The van der Waals surface area contributed by atoms with Crippen LogP contribution in [0.3, 0.4) is 0 Å². The Labute approximate surface area is 127 Å². The molecule has 3 rings (SSSR count). The molecule has 0 bridgehead atoms. The molecule has 3 nitrogen and oxygen atoms in total. The minimum absolute atomic E-state index is 0.160. The van der Waals surface area contributed by atoms with Gasteiger partial charge in [-0.3, -0.25) is 0 Å². The normalized spacial score (nSPS) is 11.2. The molecule has 4 heteroatoms. The Morgan fingerprint density at radius 1 is 1.19 bits per heavy atom. The Morgan fingerprint density at radius 3 is 2.57 bits per heavy atom. The SMILES string of the molecule is CC(C)c1nc(COc2cc3ccccc3cc2O)cs1. The number of benzene rings is 2. The van der Waals surface area contributed by atoms with Gasteiger partial charge in [-0.1, -0.05) is 38.1 Å². The second kappa shape index (κ2) is 5.74. The molecule has 21 heavy (non-hydrogen) atoms. The molecule has 0 unspecified atom stereocenters. The molecule has 0 saturated carbocycles.